The van der Waals surface area contributed by atoms with Crippen LogP contribution in [0.25, 0.3) is 28.6 Å². The summed E-state index contributed by atoms with van der Waals surface area (Å²) in [6.45, 7) is 0. The predicted molar refractivity (Wildman–Crippen MR) is 93.6 cm³/mol. The van der Waals surface area contributed by atoms with Gasteiger partial charge in [-0.25, -0.2) is 4.98 Å². The number of oxazole rings is 1. The summed E-state index contributed by atoms with van der Waals surface area (Å²) in [5.74, 6) is 0.847. The number of aromatic nitrogens is 2. The minimum Gasteiger partial charge on any atom is -0.465 e. The van der Waals surface area contributed by atoms with Crippen LogP contribution in [-0.2, 0) is 4.79 Å². The van der Waals surface area contributed by atoms with E-state index in [4.69, 9.17) is 8.83 Å². The van der Waals surface area contributed by atoms with Crippen LogP contribution in [0.3, 0.4) is 0 Å². The van der Waals surface area contributed by atoms with Crippen molar-refractivity contribution in [1.29, 1.82) is 0 Å². The summed E-state index contributed by atoms with van der Waals surface area (Å²) in [6, 6.07) is 12.5. The molecule has 0 unspecified atom stereocenters. The van der Waals surface area contributed by atoms with E-state index in [0.29, 0.717) is 28.4 Å². The highest BCUT2D eigenvalue weighted by Crippen LogP contribution is 2.25. The molecular formula is C19H13N3O3. The van der Waals surface area contributed by atoms with Crippen molar-refractivity contribution in [2.24, 2.45) is 0 Å². The maximum atomic E-state index is 12.0. The van der Waals surface area contributed by atoms with Gasteiger partial charge < -0.3 is 14.2 Å². The van der Waals surface area contributed by atoms with Crippen molar-refractivity contribution < 1.29 is 13.6 Å². The molecule has 3 heterocycles. The second-order valence-electron chi connectivity index (χ2n) is 5.28. The Kier molecular flexibility index (Phi) is 3.84. The zero-order valence-electron chi connectivity index (χ0n) is 13.0. The highest BCUT2D eigenvalue weighted by molar-refractivity contribution is 6.02. The molecule has 4 rings (SSSR count). The predicted octanol–water partition coefficient (Wildman–Crippen LogP) is 4.13. The molecule has 25 heavy (non-hydrogen) atoms. The minimum absolute atomic E-state index is 0.258. The van der Waals surface area contributed by atoms with Gasteiger partial charge in [0.1, 0.15) is 11.3 Å². The van der Waals surface area contributed by atoms with Crippen LogP contribution >= 0.6 is 0 Å². The molecule has 0 aliphatic heterocycles. The average molecular weight is 331 g/mol. The van der Waals surface area contributed by atoms with Crippen molar-refractivity contribution in [3.8, 4) is 11.5 Å². The van der Waals surface area contributed by atoms with Crippen LogP contribution in [0, 0.1) is 0 Å². The van der Waals surface area contributed by atoms with Gasteiger partial charge in [0.05, 0.1) is 11.8 Å². The third-order valence-corrected chi connectivity index (χ3v) is 3.51. The van der Waals surface area contributed by atoms with Gasteiger partial charge in [-0.3, -0.25) is 9.78 Å². The molecule has 6 heteroatoms. The number of hydrogen-bond acceptors (Lipinski definition) is 5. The molecule has 0 spiro atoms. The second-order valence-corrected chi connectivity index (χ2v) is 5.28. The van der Waals surface area contributed by atoms with Gasteiger partial charge >= 0.3 is 0 Å². The zero-order valence-corrected chi connectivity index (χ0v) is 13.0. The molecule has 3 aromatic heterocycles. The van der Waals surface area contributed by atoms with Gasteiger partial charge in [-0.15, -0.1) is 0 Å². The third-order valence-electron chi connectivity index (χ3n) is 3.51. The number of carbonyl (C=O) groups is 1. The molecule has 0 aliphatic rings. The Morgan fingerprint density at radius 2 is 2.12 bits per heavy atom. The fourth-order valence-corrected chi connectivity index (χ4v) is 2.35. The van der Waals surface area contributed by atoms with E-state index in [-0.39, 0.29) is 5.91 Å². The van der Waals surface area contributed by atoms with E-state index < -0.39 is 0 Å². The Morgan fingerprint density at radius 3 is 2.92 bits per heavy atom. The first kappa shape index (κ1) is 14.9. The van der Waals surface area contributed by atoms with Gasteiger partial charge in [-0.2, -0.15) is 0 Å². The van der Waals surface area contributed by atoms with Gasteiger partial charge in [0.25, 0.3) is 0 Å². The topological polar surface area (TPSA) is 81.2 Å². The van der Waals surface area contributed by atoms with E-state index in [2.05, 4.69) is 15.3 Å². The number of anilines is 1. The van der Waals surface area contributed by atoms with Crippen LogP contribution in [0.2, 0.25) is 0 Å². The molecule has 0 saturated heterocycles. The van der Waals surface area contributed by atoms with Crippen LogP contribution in [0.5, 0.6) is 0 Å². The van der Waals surface area contributed by atoms with Crippen molar-refractivity contribution >= 4 is 28.8 Å². The number of nitrogens with one attached hydrogen (secondary N) is 1. The fourth-order valence-electron chi connectivity index (χ4n) is 2.35. The van der Waals surface area contributed by atoms with Gasteiger partial charge in [0.15, 0.2) is 5.58 Å². The Balaban J connectivity index is 1.54. The fraction of sp³-hybridized carbons (Fsp3) is 0. The van der Waals surface area contributed by atoms with Crippen molar-refractivity contribution in [1.82, 2.24) is 9.97 Å². The number of pyridine rings is 1. The number of nitrogens with zero attached hydrogens (tertiary/aromatic N) is 2. The molecular weight excluding hydrogens is 318 g/mol. The number of benzene rings is 1. The highest BCUT2D eigenvalue weighted by Gasteiger charge is 2.09. The van der Waals surface area contributed by atoms with E-state index >= 15 is 0 Å². The Morgan fingerprint density at radius 1 is 1.16 bits per heavy atom. The molecule has 122 valence electrons. The molecule has 1 N–H and O–H groups in total. The second kappa shape index (κ2) is 6.45. The zero-order chi connectivity index (χ0) is 17.1. The summed E-state index contributed by atoms with van der Waals surface area (Å²) in [5.41, 5.74) is 2.73. The van der Waals surface area contributed by atoms with Crippen molar-refractivity contribution in [2.75, 3.05) is 5.32 Å². The number of hydrogen-bond donors (Lipinski definition) is 1. The van der Waals surface area contributed by atoms with E-state index in [1.165, 1.54) is 6.08 Å². The summed E-state index contributed by atoms with van der Waals surface area (Å²) in [6.07, 6.45) is 7.94. The number of fused-ring (bicyclic) bond motifs is 1. The summed E-state index contributed by atoms with van der Waals surface area (Å²) >= 11 is 0. The summed E-state index contributed by atoms with van der Waals surface area (Å²) in [7, 11) is 0. The third kappa shape index (κ3) is 3.32. The lowest BCUT2D eigenvalue weighted by Gasteiger charge is -2.00. The van der Waals surface area contributed by atoms with Crippen molar-refractivity contribution in [2.45, 2.75) is 0 Å². The highest BCUT2D eigenvalue weighted by atomic mass is 16.3. The van der Waals surface area contributed by atoms with Crippen LogP contribution < -0.4 is 5.32 Å². The number of furan rings is 1. The largest absolute Gasteiger partial charge is 0.465 e. The average Bonchev–Trinajstić information content (AvgIpc) is 3.30. The van der Waals surface area contributed by atoms with Crippen LogP contribution in [0.4, 0.5) is 5.69 Å². The Labute approximate surface area is 142 Å². The van der Waals surface area contributed by atoms with E-state index in [0.717, 1.165) is 5.56 Å². The first-order chi connectivity index (χ1) is 12.3. The minimum atomic E-state index is -0.258. The van der Waals surface area contributed by atoms with E-state index in [1.807, 2.05) is 12.1 Å². The summed E-state index contributed by atoms with van der Waals surface area (Å²) in [4.78, 5) is 20.5. The number of amides is 1. The molecule has 0 atom stereocenters. The number of rotatable bonds is 4. The summed E-state index contributed by atoms with van der Waals surface area (Å²) < 4.78 is 10.9. The monoisotopic (exact) mass is 331 g/mol. The van der Waals surface area contributed by atoms with Gasteiger partial charge in [-0.05, 0) is 48.5 Å². The SMILES string of the molecule is O=C(C=Cc1ccco1)Nc1ccc2oc(-c3cccnc3)nc2c1. The normalized spacial score (nSPS) is 11.2. The Hall–Kier alpha value is -3.67. The van der Waals surface area contributed by atoms with Gasteiger partial charge in [0.2, 0.25) is 11.8 Å². The molecule has 0 bridgehead atoms. The molecule has 1 amide bonds. The molecule has 4 aromatic rings. The molecule has 6 nitrogen and oxygen atoms in total. The lowest BCUT2D eigenvalue weighted by atomic mass is 10.2. The first-order valence-corrected chi connectivity index (χ1v) is 7.61. The quantitative estimate of drug-likeness (QED) is 0.569. The lowest BCUT2D eigenvalue weighted by Crippen LogP contribution is -2.07. The maximum Gasteiger partial charge on any atom is 0.248 e. The smallest absolute Gasteiger partial charge is 0.248 e. The molecule has 1 aromatic carbocycles. The van der Waals surface area contributed by atoms with Gasteiger partial charge in [-0.1, -0.05) is 0 Å². The maximum absolute atomic E-state index is 12.0. The Bertz CT molecular complexity index is 1030. The van der Waals surface area contributed by atoms with Crippen molar-refractivity contribution in [3.63, 3.8) is 0 Å². The van der Waals surface area contributed by atoms with Crippen molar-refractivity contribution in [3.05, 3.63) is 73.0 Å². The van der Waals surface area contributed by atoms with Gasteiger partial charge in [0, 0.05) is 24.2 Å². The van der Waals surface area contributed by atoms with Crippen LogP contribution in [-0.4, -0.2) is 15.9 Å². The molecule has 0 fully saturated rings. The van der Waals surface area contributed by atoms with E-state index in [9.17, 15) is 4.79 Å². The molecule has 0 radical (unpaired) electrons. The number of carbonyl (C=O) groups excluding carboxylic acids is 1. The molecule has 0 saturated carbocycles. The lowest BCUT2D eigenvalue weighted by molar-refractivity contribution is -0.111. The molecule has 0 aliphatic carbocycles. The van der Waals surface area contributed by atoms with E-state index in [1.54, 1.807) is 55.1 Å². The summed E-state index contributed by atoms with van der Waals surface area (Å²) in [5, 5.41) is 2.78. The van der Waals surface area contributed by atoms with Crippen LogP contribution in [0.1, 0.15) is 5.76 Å². The standard InChI is InChI=1S/C19H13N3O3/c23-18(8-6-15-4-2-10-24-15)21-14-5-7-17-16(11-14)22-19(25-17)13-3-1-9-20-12-13/h1-12H,(H,21,23). The first-order valence-electron chi connectivity index (χ1n) is 7.61. The van der Waals surface area contributed by atoms with Crippen LogP contribution in [0.15, 0.2) is 76.0 Å².